The summed E-state index contributed by atoms with van der Waals surface area (Å²) in [5.74, 6) is -0.287. The zero-order valence-electron chi connectivity index (χ0n) is 11.8. The number of nitrogens with zero attached hydrogens (tertiary/aromatic N) is 3. The summed E-state index contributed by atoms with van der Waals surface area (Å²) >= 11 is 0. The van der Waals surface area contributed by atoms with Gasteiger partial charge in [0.15, 0.2) is 17.4 Å². The Kier molecular flexibility index (Phi) is 4.52. The number of hydrogen-bond donors (Lipinski definition) is 3. The van der Waals surface area contributed by atoms with Crippen LogP contribution in [0.5, 0.6) is 0 Å². The summed E-state index contributed by atoms with van der Waals surface area (Å²) in [7, 11) is 0. The molecule has 21 heavy (non-hydrogen) atoms. The number of oxime groups is 1. The van der Waals surface area contributed by atoms with E-state index in [9.17, 15) is 4.39 Å². The van der Waals surface area contributed by atoms with Crippen molar-refractivity contribution in [2.24, 2.45) is 26.6 Å². The lowest BCUT2D eigenvalue weighted by molar-refractivity contribution is 0.321. The average Bonchev–Trinajstić information content (AvgIpc) is 2.82. The Balaban J connectivity index is 2.29. The fourth-order valence-electron chi connectivity index (χ4n) is 2.39. The van der Waals surface area contributed by atoms with E-state index in [1.54, 1.807) is 13.0 Å². The highest BCUT2D eigenvalue weighted by atomic mass is 19.1. The molecule has 0 amide bonds. The predicted molar refractivity (Wildman–Crippen MR) is 80.5 cm³/mol. The van der Waals surface area contributed by atoms with E-state index in [0.29, 0.717) is 6.54 Å². The van der Waals surface area contributed by atoms with E-state index in [4.69, 9.17) is 16.7 Å². The first kappa shape index (κ1) is 15.0. The first-order valence-corrected chi connectivity index (χ1v) is 6.71. The molecule has 0 spiro atoms. The SMILES string of the molecule is CCN=C(N)/C(=N\O)C(N)=N[C@@H]1CCc2ccc(F)cc21. The van der Waals surface area contributed by atoms with Gasteiger partial charge in [0.25, 0.3) is 0 Å². The molecular weight excluding hydrogens is 273 g/mol. The van der Waals surface area contributed by atoms with Crippen LogP contribution in [0.3, 0.4) is 0 Å². The van der Waals surface area contributed by atoms with Crippen molar-refractivity contribution in [2.45, 2.75) is 25.8 Å². The standard InChI is InChI=1S/C14H18FN5O/c1-2-18-13(16)12(20-21)14(17)19-11-6-4-8-3-5-9(15)7-10(8)11/h3,5,7,11,21H,2,4,6H2,1H3,(H2,16,18)(H2,17,19)/b20-12+/t11-/m1/s1. The normalized spacial score (nSPS) is 19.7. The van der Waals surface area contributed by atoms with Crippen molar-refractivity contribution < 1.29 is 9.60 Å². The Labute approximate surface area is 122 Å². The van der Waals surface area contributed by atoms with E-state index in [0.717, 1.165) is 24.0 Å². The molecule has 7 heteroatoms. The number of aryl methyl sites for hydroxylation is 1. The van der Waals surface area contributed by atoms with Gasteiger partial charge < -0.3 is 16.7 Å². The molecule has 0 heterocycles. The second kappa shape index (κ2) is 6.34. The second-order valence-corrected chi connectivity index (χ2v) is 4.72. The third kappa shape index (κ3) is 3.18. The molecular formula is C14H18FN5O. The number of nitrogens with two attached hydrogens (primary N) is 2. The summed E-state index contributed by atoms with van der Waals surface area (Å²) in [5, 5.41) is 12.1. The molecule has 6 nitrogen and oxygen atoms in total. The summed E-state index contributed by atoms with van der Waals surface area (Å²) in [5.41, 5.74) is 13.3. The molecule has 0 aliphatic heterocycles. The van der Waals surface area contributed by atoms with Crippen LogP contribution in [0.4, 0.5) is 4.39 Å². The number of aliphatic imine (C=N–C) groups is 2. The molecule has 1 aromatic rings. The van der Waals surface area contributed by atoms with Crippen molar-refractivity contribution in [2.75, 3.05) is 6.54 Å². The van der Waals surface area contributed by atoms with Crippen LogP contribution in [0, 0.1) is 5.82 Å². The molecule has 5 N–H and O–H groups in total. The molecule has 0 saturated heterocycles. The van der Waals surface area contributed by atoms with Crippen molar-refractivity contribution in [3.63, 3.8) is 0 Å². The quantitative estimate of drug-likeness (QED) is 0.337. The van der Waals surface area contributed by atoms with Crippen LogP contribution in [0.15, 0.2) is 33.3 Å². The number of hydrogen-bond acceptors (Lipinski definition) is 4. The topological polar surface area (TPSA) is 109 Å². The molecule has 0 aromatic heterocycles. The van der Waals surface area contributed by atoms with Gasteiger partial charge in [0.2, 0.25) is 0 Å². The summed E-state index contributed by atoms with van der Waals surface area (Å²) in [6, 6.07) is 4.38. The van der Waals surface area contributed by atoms with E-state index < -0.39 is 0 Å². The lowest BCUT2D eigenvalue weighted by atomic mass is 10.1. The highest BCUT2D eigenvalue weighted by molar-refractivity contribution is 6.67. The number of amidine groups is 2. The molecule has 0 bridgehead atoms. The molecule has 112 valence electrons. The van der Waals surface area contributed by atoms with E-state index >= 15 is 0 Å². The van der Waals surface area contributed by atoms with E-state index in [-0.39, 0.29) is 29.2 Å². The number of rotatable bonds is 4. The summed E-state index contributed by atoms with van der Waals surface area (Å²) in [4.78, 5) is 8.24. The van der Waals surface area contributed by atoms with Crippen molar-refractivity contribution in [1.82, 2.24) is 0 Å². The lowest BCUT2D eigenvalue weighted by Gasteiger charge is -2.09. The minimum absolute atomic E-state index is 0.00527. The molecule has 1 aromatic carbocycles. The third-order valence-electron chi connectivity index (χ3n) is 3.36. The lowest BCUT2D eigenvalue weighted by Crippen LogP contribution is -2.36. The van der Waals surface area contributed by atoms with Crippen LogP contribution in [-0.4, -0.2) is 29.1 Å². The minimum Gasteiger partial charge on any atom is -0.410 e. The van der Waals surface area contributed by atoms with Gasteiger partial charge in [-0.05, 0) is 43.0 Å². The Morgan fingerprint density at radius 3 is 2.81 bits per heavy atom. The number of fused-ring (bicyclic) bond motifs is 1. The van der Waals surface area contributed by atoms with Gasteiger partial charge in [-0.2, -0.15) is 0 Å². The van der Waals surface area contributed by atoms with Gasteiger partial charge in [0, 0.05) is 6.54 Å². The first-order chi connectivity index (χ1) is 10.1. The Hall–Kier alpha value is -2.44. The maximum atomic E-state index is 13.3. The van der Waals surface area contributed by atoms with Gasteiger partial charge in [0.05, 0.1) is 6.04 Å². The summed E-state index contributed by atoms with van der Waals surface area (Å²) in [6.45, 7) is 2.24. The molecule has 0 unspecified atom stereocenters. The molecule has 1 aliphatic carbocycles. The molecule has 1 aliphatic rings. The molecule has 1 atom stereocenters. The van der Waals surface area contributed by atoms with Gasteiger partial charge in [-0.15, -0.1) is 0 Å². The van der Waals surface area contributed by atoms with Gasteiger partial charge >= 0.3 is 0 Å². The molecule has 0 radical (unpaired) electrons. The van der Waals surface area contributed by atoms with Gasteiger partial charge in [-0.3, -0.25) is 9.98 Å². The Bertz CT molecular complexity index is 624. The highest BCUT2D eigenvalue weighted by Crippen LogP contribution is 2.34. The predicted octanol–water partition coefficient (Wildman–Crippen LogP) is 1.38. The van der Waals surface area contributed by atoms with Crippen molar-refractivity contribution in [1.29, 1.82) is 0 Å². The fraction of sp³-hybridized carbons (Fsp3) is 0.357. The number of benzene rings is 1. The summed E-state index contributed by atoms with van der Waals surface area (Å²) in [6.07, 6.45) is 1.53. The minimum atomic E-state index is -0.308. The van der Waals surface area contributed by atoms with Crippen molar-refractivity contribution in [3.05, 3.63) is 35.1 Å². The van der Waals surface area contributed by atoms with Crippen LogP contribution >= 0.6 is 0 Å². The zero-order chi connectivity index (χ0) is 15.4. The number of halogens is 1. The monoisotopic (exact) mass is 291 g/mol. The van der Waals surface area contributed by atoms with Gasteiger partial charge in [-0.25, -0.2) is 4.39 Å². The maximum absolute atomic E-state index is 13.3. The molecule has 2 rings (SSSR count). The summed E-state index contributed by atoms with van der Waals surface area (Å²) < 4.78 is 13.3. The van der Waals surface area contributed by atoms with Crippen molar-refractivity contribution in [3.8, 4) is 0 Å². The van der Waals surface area contributed by atoms with Crippen molar-refractivity contribution >= 4 is 17.4 Å². The second-order valence-electron chi connectivity index (χ2n) is 4.72. The van der Waals surface area contributed by atoms with Crippen LogP contribution in [0.25, 0.3) is 0 Å². The average molecular weight is 291 g/mol. The smallest absolute Gasteiger partial charge is 0.185 e. The molecule has 0 fully saturated rings. The van der Waals surface area contributed by atoms with Gasteiger partial charge in [0.1, 0.15) is 5.82 Å². The highest BCUT2D eigenvalue weighted by Gasteiger charge is 2.24. The fourth-order valence-corrected chi connectivity index (χ4v) is 2.39. The van der Waals surface area contributed by atoms with Gasteiger partial charge in [-0.1, -0.05) is 11.2 Å². The van der Waals surface area contributed by atoms with E-state index in [1.807, 2.05) is 0 Å². The zero-order valence-corrected chi connectivity index (χ0v) is 11.8. The van der Waals surface area contributed by atoms with Crippen LogP contribution < -0.4 is 11.5 Å². The largest absolute Gasteiger partial charge is 0.410 e. The first-order valence-electron chi connectivity index (χ1n) is 6.71. The van der Waals surface area contributed by atoms with Crippen LogP contribution in [0.2, 0.25) is 0 Å². The third-order valence-corrected chi connectivity index (χ3v) is 3.36. The van der Waals surface area contributed by atoms with E-state index in [1.165, 1.54) is 12.1 Å². The maximum Gasteiger partial charge on any atom is 0.185 e. The van der Waals surface area contributed by atoms with Crippen LogP contribution in [0.1, 0.15) is 30.5 Å². The molecule has 0 saturated carbocycles. The Morgan fingerprint density at radius 2 is 2.14 bits per heavy atom. The van der Waals surface area contributed by atoms with Crippen LogP contribution in [-0.2, 0) is 6.42 Å². The Morgan fingerprint density at radius 1 is 1.38 bits per heavy atom. The van der Waals surface area contributed by atoms with E-state index in [2.05, 4.69) is 15.1 Å².